The third kappa shape index (κ3) is 9.41. The molecule has 2 amide bonds. The van der Waals surface area contributed by atoms with Crippen molar-refractivity contribution in [1.29, 1.82) is 0 Å². The molecule has 3 N–H and O–H groups in total. The predicted octanol–water partition coefficient (Wildman–Crippen LogP) is 7.07. The van der Waals surface area contributed by atoms with E-state index in [0.717, 1.165) is 30.7 Å². The fourth-order valence-electron chi connectivity index (χ4n) is 5.55. The highest BCUT2D eigenvalue weighted by Gasteiger charge is 2.46. The highest BCUT2D eigenvalue weighted by Crippen LogP contribution is 2.48. The summed E-state index contributed by atoms with van der Waals surface area (Å²) < 4.78 is 85.3. The van der Waals surface area contributed by atoms with Gasteiger partial charge in [-0.05, 0) is 74.4 Å². The van der Waals surface area contributed by atoms with Gasteiger partial charge in [0.25, 0.3) is 0 Å². The van der Waals surface area contributed by atoms with Crippen molar-refractivity contribution in [3.05, 3.63) is 59.2 Å². The molecule has 45 heavy (non-hydrogen) atoms. The first-order valence-electron chi connectivity index (χ1n) is 14.5. The van der Waals surface area contributed by atoms with E-state index in [0.29, 0.717) is 69.1 Å². The molecule has 0 aromatic heterocycles. The van der Waals surface area contributed by atoms with E-state index < -0.39 is 51.7 Å². The number of carboxylic acid groups (broad SMARTS) is 1. The Morgan fingerprint density at radius 1 is 1.00 bits per heavy atom. The number of aliphatic carboxylic acids is 1. The molecule has 0 unspecified atom stereocenters. The van der Waals surface area contributed by atoms with Gasteiger partial charge in [-0.15, -0.1) is 0 Å². The smallest absolute Gasteiger partial charge is 0.418 e. The summed E-state index contributed by atoms with van der Waals surface area (Å²) in [6.07, 6.45) is -5.45. The zero-order valence-corrected chi connectivity index (χ0v) is 25.0. The number of nitrogens with zero attached hydrogens (tertiary/aromatic N) is 1. The summed E-state index contributed by atoms with van der Waals surface area (Å²) in [5.74, 6) is -2.02. The van der Waals surface area contributed by atoms with Gasteiger partial charge in [-0.25, -0.2) is 0 Å². The number of hydrogen-bond donors (Lipinski definition) is 3. The van der Waals surface area contributed by atoms with Crippen LogP contribution >= 0.6 is 11.8 Å². The number of likely N-dealkylation sites (tertiary alicyclic amines) is 1. The third-order valence-electron chi connectivity index (χ3n) is 7.77. The minimum Gasteiger partial charge on any atom is -0.481 e. The van der Waals surface area contributed by atoms with E-state index in [1.807, 2.05) is 0 Å². The van der Waals surface area contributed by atoms with Crippen molar-refractivity contribution in [2.24, 2.45) is 5.92 Å². The molecule has 7 nitrogen and oxygen atoms in total. The second-order valence-electron chi connectivity index (χ2n) is 11.0. The van der Waals surface area contributed by atoms with Crippen LogP contribution in [0.2, 0.25) is 0 Å². The first kappa shape index (κ1) is 34.2. The zero-order valence-electron chi connectivity index (χ0n) is 24.1. The average Bonchev–Trinajstić information content (AvgIpc) is 3.38. The maximum atomic E-state index is 14.3. The molecule has 244 valence electrons. The second kappa shape index (κ2) is 14.6. The highest BCUT2D eigenvalue weighted by molar-refractivity contribution is 7.99. The minimum atomic E-state index is -5.38. The fourth-order valence-corrected chi connectivity index (χ4v) is 6.60. The van der Waals surface area contributed by atoms with Crippen LogP contribution in [-0.2, 0) is 26.7 Å². The van der Waals surface area contributed by atoms with Gasteiger partial charge in [0, 0.05) is 53.7 Å². The van der Waals surface area contributed by atoms with Crippen LogP contribution in [0.4, 0.5) is 32.0 Å². The number of amides is 2. The van der Waals surface area contributed by atoms with Crippen LogP contribution in [0, 0.1) is 5.92 Å². The van der Waals surface area contributed by atoms with Gasteiger partial charge in [-0.3, -0.25) is 14.4 Å². The number of hydrogen-bond acceptors (Lipinski definition) is 5. The van der Waals surface area contributed by atoms with Gasteiger partial charge in [0.05, 0.1) is 17.0 Å². The van der Waals surface area contributed by atoms with Crippen LogP contribution in [0.25, 0.3) is 6.08 Å². The second-order valence-corrected chi connectivity index (χ2v) is 12.1. The van der Waals surface area contributed by atoms with E-state index in [-0.39, 0.29) is 23.4 Å². The lowest BCUT2D eigenvalue weighted by Crippen LogP contribution is -2.30. The Morgan fingerprint density at radius 3 is 2.33 bits per heavy atom. The Labute approximate surface area is 260 Å². The summed E-state index contributed by atoms with van der Waals surface area (Å²) in [4.78, 5) is 36.4. The van der Waals surface area contributed by atoms with E-state index in [4.69, 9.17) is 0 Å². The largest absolute Gasteiger partial charge is 0.481 e. The van der Waals surface area contributed by atoms with E-state index in [1.165, 1.54) is 6.07 Å². The number of alkyl halides is 6. The zero-order chi connectivity index (χ0) is 32.8. The lowest BCUT2D eigenvalue weighted by Gasteiger charge is -2.27. The predicted molar refractivity (Wildman–Crippen MR) is 156 cm³/mol. The number of nitrogens with one attached hydrogen (secondary N) is 2. The molecule has 2 aromatic carbocycles. The van der Waals surface area contributed by atoms with E-state index >= 15 is 0 Å². The number of carbonyl (C=O) groups is 3. The van der Waals surface area contributed by atoms with Crippen molar-refractivity contribution < 1.29 is 45.8 Å². The Morgan fingerprint density at radius 2 is 1.71 bits per heavy atom. The van der Waals surface area contributed by atoms with Crippen molar-refractivity contribution in [2.45, 2.75) is 73.1 Å². The van der Waals surface area contributed by atoms with Gasteiger partial charge in [0.1, 0.15) is 0 Å². The molecule has 0 bridgehead atoms. The van der Waals surface area contributed by atoms with Crippen LogP contribution in [0.15, 0.2) is 52.3 Å². The molecular formula is C31H33F6N3O4S. The summed E-state index contributed by atoms with van der Waals surface area (Å²) >= 11 is 0.540. The molecule has 0 radical (unpaired) electrons. The van der Waals surface area contributed by atoms with Gasteiger partial charge >= 0.3 is 18.3 Å². The Kier molecular flexibility index (Phi) is 11.1. The van der Waals surface area contributed by atoms with Crippen molar-refractivity contribution in [2.75, 3.05) is 25.0 Å². The van der Waals surface area contributed by atoms with Crippen LogP contribution < -0.4 is 10.6 Å². The number of benzene rings is 2. The molecule has 14 heteroatoms. The number of rotatable bonds is 11. The monoisotopic (exact) mass is 657 g/mol. The van der Waals surface area contributed by atoms with Gasteiger partial charge in [0.15, 0.2) is 0 Å². The Bertz CT molecular complexity index is 1420. The summed E-state index contributed by atoms with van der Waals surface area (Å²) in [5.41, 5.74) is -3.98. The molecule has 2 aliphatic rings. The summed E-state index contributed by atoms with van der Waals surface area (Å²) in [5, 5.41) is 14.9. The quantitative estimate of drug-likeness (QED) is 0.136. The molecule has 1 heterocycles. The summed E-state index contributed by atoms with van der Waals surface area (Å²) in [6.45, 7) is 1.18. The van der Waals surface area contributed by atoms with E-state index in [1.54, 1.807) is 23.1 Å². The van der Waals surface area contributed by atoms with Crippen LogP contribution in [0.3, 0.4) is 0 Å². The topological polar surface area (TPSA) is 98.7 Å². The minimum absolute atomic E-state index is 0.0176. The highest BCUT2D eigenvalue weighted by atomic mass is 32.2. The number of carbonyl (C=O) groups excluding carboxylic acids is 2. The van der Waals surface area contributed by atoms with Gasteiger partial charge in [-0.2, -0.15) is 26.3 Å². The maximum Gasteiger partial charge on any atom is 0.418 e. The molecule has 4 rings (SSSR count). The standard InChI is InChI=1S/C31H33F6N3O4S/c32-30(33,34)27-19(10-14-25(41)38-15-3-17-40-16-2-6-26(40)42)9-13-24(28(27)31(35,36)37)45-23-5-1-4-22(18-23)39-21-11-7-20(8-12-21)29(43)44/h1,4-5,9-10,13-14,18,20-21,39H,2-3,6-8,11-12,15-17H2,(H,38,41)(H,43,44). The molecule has 0 atom stereocenters. The Hall–Kier alpha value is -3.68. The van der Waals surface area contributed by atoms with Crippen molar-refractivity contribution >= 4 is 41.3 Å². The first-order valence-corrected chi connectivity index (χ1v) is 15.4. The Balaban J connectivity index is 1.49. The van der Waals surface area contributed by atoms with Gasteiger partial charge < -0.3 is 20.6 Å². The first-order chi connectivity index (χ1) is 21.2. The molecule has 1 saturated heterocycles. The number of halogens is 6. The lowest BCUT2D eigenvalue weighted by atomic mass is 9.86. The average molecular weight is 658 g/mol. The van der Waals surface area contributed by atoms with Crippen LogP contribution in [0.1, 0.15) is 61.6 Å². The van der Waals surface area contributed by atoms with Crippen LogP contribution in [-0.4, -0.2) is 53.5 Å². The summed E-state index contributed by atoms with van der Waals surface area (Å²) in [7, 11) is 0. The molecule has 1 saturated carbocycles. The molecule has 0 spiro atoms. The lowest BCUT2D eigenvalue weighted by molar-refractivity contribution is -0.163. The van der Waals surface area contributed by atoms with Crippen molar-refractivity contribution in [1.82, 2.24) is 10.2 Å². The van der Waals surface area contributed by atoms with Gasteiger partial charge in [-0.1, -0.05) is 23.9 Å². The molecule has 2 aromatic rings. The molecule has 2 fully saturated rings. The van der Waals surface area contributed by atoms with E-state index in [9.17, 15) is 45.8 Å². The van der Waals surface area contributed by atoms with E-state index in [2.05, 4.69) is 10.6 Å². The molecular weight excluding hydrogens is 624 g/mol. The maximum absolute atomic E-state index is 14.3. The fraction of sp³-hybridized carbons (Fsp3) is 0.452. The molecule has 1 aliphatic carbocycles. The SMILES string of the molecule is O=C(C=Cc1ccc(Sc2cccc(NC3CCC(C(=O)O)CC3)c2)c(C(F)(F)F)c1C(F)(F)F)NCCCN1CCCC1=O. The van der Waals surface area contributed by atoms with Crippen molar-refractivity contribution in [3.8, 4) is 0 Å². The normalized spacial score (nSPS) is 19.2. The molecule has 1 aliphatic heterocycles. The van der Waals surface area contributed by atoms with Crippen molar-refractivity contribution in [3.63, 3.8) is 0 Å². The third-order valence-corrected chi connectivity index (χ3v) is 8.81. The summed E-state index contributed by atoms with van der Waals surface area (Å²) in [6, 6.07) is 8.11. The van der Waals surface area contributed by atoms with Crippen LogP contribution in [0.5, 0.6) is 0 Å². The van der Waals surface area contributed by atoms with Gasteiger partial charge in [0.2, 0.25) is 11.8 Å². The number of carboxylic acids is 1. The number of anilines is 1.